The van der Waals surface area contributed by atoms with Crippen molar-refractivity contribution in [3.05, 3.63) is 71.6 Å². The van der Waals surface area contributed by atoms with Crippen molar-refractivity contribution in [1.29, 1.82) is 5.26 Å². The largest absolute Gasteiger partial charge is 0.342 e. The molecule has 1 unspecified atom stereocenters. The summed E-state index contributed by atoms with van der Waals surface area (Å²) in [4.78, 5) is 22.6. The van der Waals surface area contributed by atoms with Crippen molar-refractivity contribution < 1.29 is 4.79 Å². The molecule has 1 aromatic heterocycles. The normalized spacial score (nSPS) is 17.3. The number of carbonyl (C=O) groups is 1. The van der Waals surface area contributed by atoms with Crippen LogP contribution in [0.15, 0.2) is 54.6 Å². The number of nitriles is 1. The number of benzene rings is 2. The average molecular weight is 356 g/mol. The third-order valence-corrected chi connectivity index (χ3v) is 5.01. The van der Waals surface area contributed by atoms with E-state index in [2.05, 4.69) is 11.1 Å². The van der Waals surface area contributed by atoms with Crippen molar-refractivity contribution in [2.45, 2.75) is 18.8 Å². The molecule has 1 N–H and O–H groups in total. The van der Waals surface area contributed by atoms with E-state index in [-0.39, 0.29) is 11.8 Å². The Morgan fingerprint density at radius 2 is 2.04 bits per heavy atom. The van der Waals surface area contributed by atoms with Gasteiger partial charge in [-0.15, -0.1) is 0 Å². The fourth-order valence-corrected chi connectivity index (χ4v) is 3.58. The zero-order valence-corrected chi connectivity index (χ0v) is 14.9. The molecule has 2 aromatic carbocycles. The number of amides is 1. The van der Waals surface area contributed by atoms with Gasteiger partial charge in [-0.3, -0.25) is 4.79 Å². The van der Waals surface area contributed by atoms with Crippen LogP contribution in [-0.2, 0) is 4.79 Å². The van der Waals surface area contributed by atoms with Gasteiger partial charge >= 0.3 is 0 Å². The summed E-state index contributed by atoms with van der Waals surface area (Å²) in [6, 6.07) is 17.4. The van der Waals surface area contributed by atoms with Crippen LogP contribution in [0.5, 0.6) is 0 Å². The lowest BCUT2D eigenvalue weighted by atomic mass is 9.97. The van der Waals surface area contributed by atoms with Gasteiger partial charge in [0.2, 0.25) is 5.91 Å². The second-order valence-corrected chi connectivity index (χ2v) is 6.79. The molecule has 134 valence electrons. The molecule has 0 spiro atoms. The maximum Gasteiger partial charge on any atom is 0.246 e. The molecule has 1 aliphatic heterocycles. The number of rotatable bonds is 3. The first-order valence-corrected chi connectivity index (χ1v) is 9.15. The third kappa shape index (κ3) is 3.61. The molecule has 27 heavy (non-hydrogen) atoms. The van der Waals surface area contributed by atoms with Gasteiger partial charge in [0.1, 0.15) is 5.82 Å². The van der Waals surface area contributed by atoms with E-state index in [0.717, 1.165) is 41.8 Å². The van der Waals surface area contributed by atoms with E-state index >= 15 is 0 Å². The highest BCUT2D eigenvalue weighted by molar-refractivity contribution is 5.92. The van der Waals surface area contributed by atoms with Gasteiger partial charge in [0.05, 0.1) is 22.7 Å². The van der Waals surface area contributed by atoms with Gasteiger partial charge in [0.25, 0.3) is 0 Å². The Balaban J connectivity index is 1.48. The van der Waals surface area contributed by atoms with E-state index in [1.54, 1.807) is 18.2 Å². The lowest BCUT2D eigenvalue weighted by Crippen LogP contribution is -2.38. The fourth-order valence-electron chi connectivity index (χ4n) is 3.58. The van der Waals surface area contributed by atoms with Crippen molar-refractivity contribution in [3.8, 4) is 6.07 Å². The van der Waals surface area contributed by atoms with Gasteiger partial charge in [0, 0.05) is 25.1 Å². The van der Waals surface area contributed by atoms with E-state index in [4.69, 9.17) is 10.2 Å². The number of nitrogens with zero attached hydrogens (tertiary/aromatic N) is 3. The van der Waals surface area contributed by atoms with E-state index in [0.29, 0.717) is 12.1 Å². The second kappa shape index (κ2) is 7.46. The number of aromatic nitrogens is 2. The summed E-state index contributed by atoms with van der Waals surface area (Å²) in [6.45, 7) is 1.41. The molecule has 5 nitrogen and oxygen atoms in total. The Bertz CT molecular complexity index is 1010. The summed E-state index contributed by atoms with van der Waals surface area (Å²) in [5.41, 5.74) is 3.33. The summed E-state index contributed by atoms with van der Waals surface area (Å²) < 4.78 is 0. The predicted octanol–water partition coefficient (Wildman–Crippen LogP) is 3.85. The molecule has 1 amide bonds. The van der Waals surface area contributed by atoms with Crippen LogP contribution in [0, 0.1) is 11.3 Å². The first-order chi connectivity index (χ1) is 13.2. The predicted molar refractivity (Wildman–Crippen MR) is 105 cm³/mol. The Labute approximate surface area is 158 Å². The Morgan fingerprint density at radius 3 is 2.89 bits per heavy atom. The van der Waals surface area contributed by atoms with E-state index in [9.17, 15) is 4.79 Å². The molecule has 4 rings (SSSR count). The molecule has 1 aliphatic rings. The Kier molecular flexibility index (Phi) is 4.71. The lowest BCUT2D eigenvalue weighted by Gasteiger charge is -2.31. The number of nitrogens with one attached hydrogen (secondary N) is 1. The summed E-state index contributed by atoms with van der Waals surface area (Å²) in [5, 5.41) is 9.16. The lowest BCUT2D eigenvalue weighted by molar-refractivity contribution is -0.127. The van der Waals surface area contributed by atoms with E-state index in [1.807, 2.05) is 47.4 Å². The average Bonchev–Trinajstić information content (AvgIpc) is 3.16. The summed E-state index contributed by atoms with van der Waals surface area (Å²) in [6.07, 6.45) is 5.27. The quantitative estimate of drug-likeness (QED) is 0.724. The first kappa shape index (κ1) is 17.0. The molecular weight excluding hydrogens is 336 g/mol. The molecule has 1 saturated heterocycles. The van der Waals surface area contributed by atoms with Crippen LogP contribution in [0.2, 0.25) is 0 Å². The highest BCUT2D eigenvalue weighted by Crippen LogP contribution is 2.27. The van der Waals surface area contributed by atoms with Crippen molar-refractivity contribution in [2.75, 3.05) is 13.1 Å². The highest BCUT2D eigenvalue weighted by Gasteiger charge is 2.25. The summed E-state index contributed by atoms with van der Waals surface area (Å²) >= 11 is 0. The number of piperidine rings is 1. The maximum absolute atomic E-state index is 12.6. The molecule has 5 heteroatoms. The monoisotopic (exact) mass is 356 g/mol. The number of imidazole rings is 1. The molecule has 0 radical (unpaired) electrons. The van der Waals surface area contributed by atoms with Crippen LogP contribution >= 0.6 is 0 Å². The molecular formula is C22H20N4O. The molecule has 0 bridgehead atoms. The number of fused-ring (bicyclic) bond motifs is 1. The minimum absolute atomic E-state index is 0.0245. The number of hydrogen-bond acceptors (Lipinski definition) is 3. The SMILES string of the molecule is N#Cc1ccccc1C=CC(=O)N1CCCC(c2nc3ccccc3[nH]2)C1. The van der Waals surface area contributed by atoms with Crippen molar-refractivity contribution in [2.24, 2.45) is 0 Å². The van der Waals surface area contributed by atoms with E-state index in [1.165, 1.54) is 0 Å². The Hall–Kier alpha value is -3.39. The van der Waals surface area contributed by atoms with Gasteiger partial charge in [-0.05, 0) is 42.7 Å². The number of hydrogen-bond donors (Lipinski definition) is 1. The fraction of sp³-hybridized carbons (Fsp3) is 0.227. The van der Waals surface area contributed by atoms with Gasteiger partial charge in [0.15, 0.2) is 0 Å². The standard InChI is InChI=1S/C22H20N4O/c23-14-17-7-2-1-6-16(17)11-12-21(27)26-13-5-8-18(15-26)22-24-19-9-3-4-10-20(19)25-22/h1-4,6-7,9-12,18H,5,8,13,15H2,(H,24,25). The highest BCUT2D eigenvalue weighted by atomic mass is 16.2. The molecule has 3 aromatic rings. The van der Waals surface area contributed by atoms with Crippen LogP contribution in [0.4, 0.5) is 0 Å². The number of aromatic amines is 1. The summed E-state index contributed by atoms with van der Waals surface area (Å²) in [5.74, 6) is 1.14. The van der Waals surface area contributed by atoms with Crippen LogP contribution in [-0.4, -0.2) is 33.9 Å². The first-order valence-electron chi connectivity index (χ1n) is 9.15. The zero-order chi connectivity index (χ0) is 18.6. The minimum atomic E-state index is -0.0245. The number of para-hydroxylation sites is 2. The molecule has 0 aliphatic carbocycles. The van der Waals surface area contributed by atoms with Crippen LogP contribution in [0.1, 0.15) is 35.7 Å². The van der Waals surface area contributed by atoms with Crippen LogP contribution in [0.25, 0.3) is 17.1 Å². The molecule has 2 heterocycles. The molecule has 1 fully saturated rings. The van der Waals surface area contributed by atoms with Gasteiger partial charge in [-0.1, -0.05) is 30.3 Å². The van der Waals surface area contributed by atoms with Gasteiger partial charge in [-0.2, -0.15) is 5.26 Å². The molecule has 1 atom stereocenters. The van der Waals surface area contributed by atoms with Crippen molar-refractivity contribution in [3.63, 3.8) is 0 Å². The van der Waals surface area contributed by atoms with E-state index < -0.39 is 0 Å². The maximum atomic E-state index is 12.6. The third-order valence-electron chi connectivity index (χ3n) is 5.01. The number of H-pyrrole nitrogens is 1. The van der Waals surface area contributed by atoms with Crippen LogP contribution < -0.4 is 0 Å². The van der Waals surface area contributed by atoms with Crippen molar-refractivity contribution in [1.82, 2.24) is 14.9 Å². The van der Waals surface area contributed by atoms with Gasteiger partial charge in [-0.25, -0.2) is 4.98 Å². The second-order valence-electron chi connectivity index (χ2n) is 6.79. The number of likely N-dealkylation sites (tertiary alicyclic amines) is 1. The Morgan fingerprint density at radius 1 is 1.22 bits per heavy atom. The summed E-state index contributed by atoms with van der Waals surface area (Å²) in [7, 11) is 0. The smallest absolute Gasteiger partial charge is 0.246 e. The zero-order valence-electron chi connectivity index (χ0n) is 14.9. The minimum Gasteiger partial charge on any atom is -0.342 e. The number of carbonyl (C=O) groups excluding carboxylic acids is 1. The molecule has 0 saturated carbocycles. The topological polar surface area (TPSA) is 72.8 Å². The van der Waals surface area contributed by atoms with Crippen molar-refractivity contribution >= 4 is 23.0 Å². The van der Waals surface area contributed by atoms with Gasteiger partial charge < -0.3 is 9.88 Å². The van der Waals surface area contributed by atoms with Crippen LogP contribution in [0.3, 0.4) is 0 Å².